The summed E-state index contributed by atoms with van der Waals surface area (Å²) >= 11 is 6.01. The zero-order valence-electron chi connectivity index (χ0n) is 11.1. The van der Waals surface area contributed by atoms with Gasteiger partial charge in [-0.1, -0.05) is 16.8 Å². The van der Waals surface area contributed by atoms with Crippen LogP contribution in [-0.4, -0.2) is 23.9 Å². The Labute approximate surface area is 116 Å². The number of nitrogens with two attached hydrogens (primary N) is 1. The predicted octanol–water partition coefficient (Wildman–Crippen LogP) is 2.52. The Kier molecular flexibility index (Phi) is 3.89. The van der Waals surface area contributed by atoms with Crippen molar-refractivity contribution < 1.29 is 9.26 Å². The van der Waals surface area contributed by atoms with Gasteiger partial charge in [0.15, 0.2) is 5.82 Å². The van der Waals surface area contributed by atoms with Gasteiger partial charge in [0.2, 0.25) is 0 Å². The van der Waals surface area contributed by atoms with E-state index in [2.05, 4.69) is 10.1 Å². The van der Waals surface area contributed by atoms with Crippen LogP contribution in [0.1, 0.15) is 18.3 Å². The molecule has 0 fully saturated rings. The van der Waals surface area contributed by atoms with Crippen molar-refractivity contribution in [2.24, 2.45) is 5.73 Å². The molecule has 1 heterocycles. The van der Waals surface area contributed by atoms with Crippen molar-refractivity contribution in [3.63, 3.8) is 0 Å². The van der Waals surface area contributed by atoms with Gasteiger partial charge in [-0.2, -0.15) is 4.98 Å². The Hall–Kier alpha value is -1.43. The summed E-state index contributed by atoms with van der Waals surface area (Å²) in [5.74, 6) is 0.801. The molecule has 1 atom stereocenters. The van der Waals surface area contributed by atoms with Gasteiger partial charge >= 0.3 is 0 Å². The van der Waals surface area contributed by atoms with Gasteiger partial charge in [0.1, 0.15) is 5.54 Å². The predicted molar refractivity (Wildman–Crippen MR) is 72.9 cm³/mol. The van der Waals surface area contributed by atoms with E-state index in [-0.39, 0.29) is 0 Å². The summed E-state index contributed by atoms with van der Waals surface area (Å²) in [7, 11) is 1.58. The molecule has 0 spiro atoms. The molecule has 1 aromatic carbocycles. The number of aryl methyl sites for hydroxylation is 1. The number of benzene rings is 1. The SMILES string of the molecule is COCC(C)(N)c1noc(-c2cc(C)cc(Cl)c2)n1. The van der Waals surface area contributed by atoms with Crippen LogP contribution in [0.4, 0.5) is 0 Å². The first-order valence-electron chi connectivity index (χ1n) is 5.82. The lowest BCUT2D eigenvalue weighted by molar-refractivity contribution is 0.135. The monoisotopic (exact) mass is 281 g/mol. The van der Waals surface area contributed by atoms with Crippen molar-refractivity contribution in [3.8, 4) is 11.5 Å². The summed E-state index contributed by atoms with van der Waals surface area (Å²) in [5.41, 5.74) is 7.07. The number of rotatable bonds is 4. The molecule has 5 nitrogen and oxygen atoms in total. The van der Waals surface area contributed by atoms with Crippen LogP contribution in [0.25, 0.3) is 11.5 Å². The minimum Gasteiger partial charge on any atom is -0.382 e. The van der Waals surface area contributed by atoms with E-state index in [1.165, 1.54) is 0 Å². The molecule has 0 bridgehead atoms. The Morgan fingerprint density at radius 1 is 1.42 bits per heavy atom. The van der Waals surface area contributed by atoms with Crippen LogP contribution in [0.5, 0.6) is 0 Å². The Balaban J connectivity index is 2.35. The molecule has 2 aromatic rings. The van der Waals surface area contributed by atoms with Crippen LogP contribution in [-0.2, 0) is 10.3 Å². The van der Waals surface area contributed by atoms with Gasteiger partial charge in [-0.15, -0.1) is 0 Å². The van der Waals surface area contributed by atoms with Crippen LogP contribution in [0, 0.1) is 6.92 Å². The van der Waals surface area contributed by atoms with E-state index < -0.39 is 5.54 Å². The maximum Gasteiger partial charge on any atom is 0.258 e. The molecule has 0 saturated carbocycles. The minimum atomic E-state index is -0.788. The Bertz CT molecular complexity index is 561. The van der Waals surface area contributed by atoms with E-state index in [9.17, 15) is 0 Å². The summed E-state index contributed by atoms with van der Waals surface area (Å²) in [6.45, 7) is 4.04. The molecule has 0 aliphatic rings. The summed E-state index contributed by atoms with van der Waals surface area (Å²) < 4.78 is 10.3. The molecule has 0 aliphatic heterocycles. The third kappa shape index (κ3) is 3.12. The van der Waals surface area contributed by atoms with Crippen LogP contribution < -0.4 is 5.73 Å². The van der Waals surface area contributed by atoms with Crippen molar-refractivity contribution >= 4 is 11.6 Å². The van der Waals surface area contributed by atoms with E-state index in [4.69, 9.17) is 26.6 Å². The van der Waals surface area contributed by atoms with Crippen molar-refractivity contribution in [2.45, 2.75) is 19.4 Å². The van der Waals surface area contributed by atoms with Gasteiger partial charge in [0.25, 0.3) is 5.89 Å². The number of ether oxygens (including phenoxy) is 1. The zero-order valence-corrected chi connectivity index (χ0v) is 11.9. The number of aromatic nitrogens is 2. The average molecular weight is 282 g/mol. The van der Waals surface area contributed by atoms with Crippen molar-refractivity contribution in [1.29, 1.82) is 0 Å². The first-order chi connectivity index (χ1) is 8.92. The van der Waals surface area contributed by atoms with Gasteiger partial charge in [-0.05, 0) is 37.6 Å². The number of hydrogen-bond donors (Lipinski definition) is 1. The molecule has 0 radical (unpaired) electrons. The molecule has 0 saturated heterocycles. The van der Waals surface area contributed by atoms with E-state index in [1.807, 2.05) is 19.1 Å². The molecule has 1 unspecified atom stereocenters. The average Bonchev–Trinajstić information content (AvgIpc) is 2.77. The van der Waals surface area contributed by atoms with E-state index >= 15 is 0 Å². The van der Waals surface area contributed by atoms with Gasteiger partial charge in [-0.3, -0.25) is 0 Å². The molecule has 1 aromatic heterocycles. The minimum absolute atomic E-state index is 0.306. The second-order valence-corrected chi connectivity index (χ2v) is 5.23. The summed E-state index contributed by atoms with van der Waals surface area (Å²) in [4.78, 5) is 4.31. The normalized spacial score (nSPS) is 14.4. The molecular weight excluding hydrogens is 266 g/mol. The van der Waals surface area contributed by atoms with Gasteiger partial charge in [0, 0.05) is 17.7 Å². The second kappa shape index (κ2) is 5.28. The first kappa shape index (κ1) is 14.0. The third-order valence-corrected chi connectivity index (χ3v) is 2.89. The fraction of sp³-hybridized carbons (Fsp3) is 0.385. The number of nitrogens with zero attached hydrogens (tertiary/aromatic N) is 2. The van der Waals surface area contributed by atoms with E-state index in [0.717, 1.165) is 11.1 Å². The quantitative estimate of drug-likeness (QED) is 0.932. The highest BCUT2D eigenvalue weighted by Crippen LogP contribution is 2.25. The molecular formula is C13H16ClN3O2. The van der Waals surface area contributed by atoms with Gasteiger partial charge < -0.3 is 15.0 Å². The molecule has 0 aliphatic carbocycles. The molecule has 19 heavy (non-hydrogen) atoms. The topological polar surface area (TPSA) is 74.2 Å². The highest BCUT2D eigenvalue weighted by Gasteiger charge is 2.27. The van der Waals surface area contributed by atoms with Crippen LogP contribution in [0.3, 0.4) is 0 Å². The number of methoxy groups -OCH3 is 1. The Morgan fingerprint density at radius 2 is 2.16 bits per heavy atom. The Morgan fingerprint density at radius 3 is 2.79 bits per heavy atom. The fourth-order valence-corrected chi connectivity index (χ4v) is 2.09. The summed E-state index contributed by atoms with van der Waals surface area (Å²) in [6.07, 6.45) is 0. The first-order valence-corrected chi connectivity index (χ1v) is 6.20. The smallest absolute Gasteiger partial charge is 0.258 e. The third-order valence-electron chi connectivity index (χ3n) is 2.67. The molecule has 2 N–H and O–H groups in total. The van der Waals surface area contributed by atoms with Crippen LogP contribution in [0.2, 0.25) is 5.02 Å². The van der Waals surface area contributed by atoms with E-state index in [0.29, 0.717) is 23.3 Å². The molecule has 6 heteroatoms. The number of halogens is 1. The van der Waals surface area contributed by atoms with Gasteiger partial charge in [0.05, 0.1) is 6.61 Å². The van der Waals surface area contributed by atoms with Crippen molar-refractivity contribution in [3.05, 3.63) is 34.6 Å². The lowest BCUT2D eigenvalue weighted by atomic mass is 10.1. The zero-order chi connectivity index (χ0) is 14.0. The number of hydrogen-bond acceptors (Lipinski definition) is 5. The maximum atomic E-state index is 6.06. The highest BCUT2D eigenvalue weighted by atomic mass is 35.5. The van der Waals surface area contributed by atoms with Gasteiger partial charge in [-0.25, -0.2) is 0 Å². The maximum absolute atomic E-state index is 6.06. The summed E-state index contributed by atoms with van der Waals surface area (Å²) in [6, 6.07) is 5.56. The van der Waals surface area contributed by atoms with Crippen molar-refractivity contribution in [2.75, 3.05) is 13.7 Å². The highest BCUT2D eigenvalue weighted by molar-refractivity contribution is 6.30. The largest absolute Gasteiger partial charge is 0.382 e. The lowest BCUT2D eigenvalue weighted by Crippen LogP contribution is -2.38. The molecule has 102 valence electrons. The molecule has 0 amide bonds. The summed E-state index contributed by atoms with van der Waals surface area (Å²) in [5, 5.41) is 4.53. The fourth-order valence-electron chi connectivity index (χ4n) is 1.80. The standard InChI is InChI=1S/C13H16ClN3O2/c1-8-4-9(6-10(14)5-8)11-16-12(17-19-11)13(2,15)7-18-3/h4-6H,7,15H2,1-3H3. The second-order valence-electron chi connectivity index (χ2n) is 4.79. The van der Waals surface area contributed by atoms with E-state index in [1.54, 1.807) is 20.1 Å². The van der Waals surface area contributed by atoms with Crippen LogP contribution >= 0.6 is 11.6 Å². The lowest BCUT2D eigenvalue weighted by Gasteiger charge is -2.18. The molecule has 2 rings (SSSR count). The van der Waals surface area contributed by atoms with Crippen LogP contribution in [0.15, 0.2) is 22.7 Å². The van der Waals surface area contributed by atoms with Crippen molar-refractivity contribution in [1.82, 2.24) is 10.1 Å².